The Labute approximate surface area is 208 Å². The molecule has 2 aromatic rings. The van der Waals surface area contributed by atoms with Crippen LogP contribution in [0.1, 0.15) is 30.6 Å². The number of carbonyl (C=O) groups is 3. The smallest absolute Gasteiger partial charge is 0.337 e. The monoisotopic (exact) mass is 525 g/mol. The fourth-order valence-corrected chi connectivity index (χ4v) is 6.54. The first-order valence-electron chi connectivity index (χ1n) is 11.3. The van der Waals surface area contributed by atoms with E-state index >= 15 is 0 Å². The lowest BCUT2D eigenvalue weighted by Gasteiger charge is -2.34. The topological polar surface area (TPSA) is 124 Å². The molecule has 192 valence electrons. The SMILES string of the molecule is COCCn1c(=NC(=O)CS(=O)(=O)CC(=O)N2CC(C)CC(C)C2)sc2cc(C(=O)OC)ccc21. The van der Waals surface area contributed by atoms with Gasteiger partial charge in [-0.1, -0.05) is 25.2 Å². The van der Waals surface area contributed by atoms with Gasteiger partial charge in [-0.2, -0.15) is 4.99 Å². The average Bonchev–Trinajstić information content (AvgIpc) is 3.11. The number of amides is 2. The van der Waals surface area contributed by atoms with E-state index < -0.39 is 39.1 Å². The predicted molar refractivity (Wildman–Crippen MR) is 132 cm³/mol. The summed E-state index contributed by atoms with van der Waals surface area (Å²) >= 11 is 1.15. The van der Waals surface area contributed by atoms with Gasteiger partial charge < -0.3 is 18.9 Å². The van der Waals surface area contributed by atoms with Gasteiger partial charge in [-0.15, -0.1) is 0 Å². The minimum Gasteiger partial charge on any atom is -0.465 e. The molecule has 0 saturated carbocycles. The van der Waals surface area contributed by atoms with E-state index in [0.717, 1.165) is 23.3 Å². The summed E-state index contributed by atoms with van der Waals surface area (Å²) in [7, 11) is -1.16. The van der Waals surface area contributed by atoms with Gasteiger partial charge in [0.05, 0.1) is 29.5 Å². The van der Waals surface area contributed by atoms with Gasteiger partial charge in [0.15, 0.2) is 14.6 Å². The zero-order chi connectivity index (χ0) is 25.8. The molecule has 1 aliphatic heterocycles. The van der Waals surface area contributed by atoms with Crippen molar-refractivity contribution in [1.82, 2.24) is 9.47 Å². The van der Waals surface area contributed by atoms with Crippen molar-refractivity contribution < 1.29 is 32.3 Å². The Morgan fingerprint density at radius 1 is 1.11 bits per heavy atom. The number of nitrogens with zero attached hydrogens (tertiary/aromatic N) is 3. The third kappa shape index (κ3) is 6.98. The number of fused-ring (bicyclic) bond motifs is 1. The molecule has 1 aliphatic rings. The quantitative estimate of drug-likeness (QED) is 0.478. The molecule has 1 aromatic carbocycles. The van der Waals surface area contributed by atoms with E-state index in [1.165, 1.54) is 7.11 Å². The molecule has 0 bridgehead atoms. The number of carbonyl (C=O) groups excluding carboxylic acids is 3. The standard InChI is InChI=1S/C23H31N3O7S2/c1-15-9-16(2)12-25(11-15)21(28)14-35(30,31)13-20(27)24-23-26(7-8-32-3)18-6-5-17(22(29)33-4)10-19(18)34-23/h5-6,10,15-16H,7-9,11-14H2,1-4H3. The lowest BCUT2D eigenvalue weighted by atomic mass is 9.92. The highest BCUT2D eigenvalue weighted by atomic mass is 32.2. The van der Waals surface area contributed by atoms with Gasteiger partial charge in [0.25, 0.3) is 5.91 Å². The van der Waals surface area contributed by atoms with Gasteiger partial charge >= 0.3 is 5.97 Å². The molecular formula is C23H31N3O7S2. The minimum absolute atomic E-state index is 0.282. The molecule has 10 nitrogen and oxygen atoms in total. The Kier molecular flexibility index (Phi) is 8.84. The zero-order valence-corrected chi connectivity index (χ0v) is 22.0. The zero-order valence-electron chi connectivity index (χ0n) is 20.4. The van der Waals surface area contributed by atoms with E-state index in [2.05, 4.69) is 4.99 Å². The molecule has 0 N–H and O–H groups in total. The van der Waals surface area contributed by atoms with Gasteiger partial charge in [0.2, 0.25) is 5.91 Å². The van der Waals surface area contributed by atoms with Crippen LogP contribution in [0.3, 0.4) is 0 Å². The van der Waals surface area contributed by atoms with Crippen LogP contribution in [-0.2, 0) is 35.4 Å². The van der Waals surface area contributed by atoms with E-state index in [0.29, 0.717) is 48.3 Å². The van der Waals surface area contributed by atoms with E-state index in [-0.39, 0.29) is 4.80 Å². The molecule has 0 radical (unpaired) electrons. The van der Waals surface area contributed by atoms with Gasteiger partial charge in [-0.25, -0.2) is 13.2 Å². The number of hydrogen-bond acceptors (Lipinski definition) is 8. The minimum atomic E-state index is -3.99. The highest BCUT2D eigenvalue weighted by Crippen LogP contribution is 2.22. The van der Waals surface area contributed by atoms with Gasteiger partial charge in [-0.3, -0.25) is 9.59 Å². The molecule has 0 aliphatic carbocycles. The summed E-state index contributed by atoms with van der Waals surface area (Å²) in [6.45, 7) is 5.82. The third-order valence-electron chi connectivity index (χ3n) is 5.75. The molecule has 2 heterocycles. The second-order valence-electron chi connectivity index (χ2n) is 8.99. The lowest BCUT2D eigenvalue weighted by molar-refractivity contribution is -0.131. The van der Waals surface area contributed by atoms with Crippen molar-refractivity contribution in [2.45, 2.75) is 26.8 Å². The number of esters is 1. The Morgan fingerprint density at radius 2 is 1.80 bits per heavy atom. The number of rotatable bonds is 8. The van der Waals surface area contributed by atoms with Crippen molar-refractivity contribution in [3.8, 4) is 0 Å². The van der Waals surface area contributed by atoms with Crippen molar-refractivity contribution in [3.63, 3.8) is 0 Å². The maximum atomic E-state index is 12.6. The normalized spacial score (nSPS) is 19.2. The lowest BCUT2D eigenvalue weighted by Crippen LogP contribution is -2.45. The number of sulfone groups is 1. The first-order chi connectivity index (χ1) is 16.5. The van der Waals surface area contributed by atoms with Crippen LogP contribution >= 0.6 is 11.3 Å². The Bertz CT molecular complexity index is 1270. The Morgan fingerprint density at radius 3 is 2.43 bits per heavy atom. The van der Waals surface area contributed by atoms with Crippen molar-refractivity contribution in [1.29, 1.82) is 0 Å². The summed E-state index contributed by atoms with van der Waals surface area (Å²) < 4.78 is 37.6. The van der Waals surface area contributed by atoms with E-state index in [1.807, 2.05) is 13.8 Å². The highest BCUT2D eigenvalue weighted by molar-refractivity contribution is 7.92. The second kappa shape index (κ2) is 11.4. The van der Waals surface area contributed by atoms with Crippen LogP contribution in [0.15, 0.2) is 23.2 Å². The summed E-state index contributed by atoms with van der Waals surface area (Å²) in [6.07, 6.45) is 0.993. The van der Waals surface area contributed by atoms with Crippen LogP contribution in [0.5, 0.6) is 0 Å². The van der Waals surface area contributed by atoms with Crippen LogP contribution < -0.4 is 4.80 Å². The number of likely N-dealkylation sites (tertiary alicyclic amines) is 1. The summed E-state index contributed by atoms with van der Waals surface area (Å²) in [5, 5.41) is 0. The summed E-state index contributed by atoms with van der Waals surface area (Å²) in [5.41, 5.74) is 1.07. The Balaban J connectivity index is 1.82. The molecule has 2 unspecified atom stereocenters. The van der Waals surface area contributed by atoms with Crippen LogP contribution in [0.2, 0.25) is 0 Å². The van der Waals surface area contributed by atoms with Gasteiger partial charge in [0, 0.05) is 26.7 Å². The molecule has 3 rings (SSSR count). The number of methoxy groups -OCH3 is 2. The average molecular weight is 526 g/mol. The Hall–Kier alpha value is -2.57. The molecule has 2 atom stereocenters. The number of benzene rings is 1. The molecular weight excluding hydrogens is 494 g/mol. The molecule has 1 saturated heterocycles. The number of thiazole rings is 1. The van der Waals surface area contributed by atoms with Gasteiger partial charge in [0.1, 0.15) is 11.5 Å². The largest absolute Gasteiger partial charge is 0.465 e. The summed E-state index contributed by atoms with van der Waals surface area (Å²) in [4.78, 5) is 43.0. The van der Waals surface area contributed by atoms with Crippen LogP contribution in [0.25, 0.3) is 10.2 Å². The molecule has 2 amide bonds. The van der Waals surface area contributed by atoms with E-state index in [9.17, 15) is 22.8 Å². The maximum absolute atomic E-state index is 12.6. The summed E-state index contributed by atoms with van der Waals surface area (Å²) in [5.74, 6) is -2.80. The number of ether oxygens (including phenoxy) is 2. The number of hydrogen-bond donors (Lipinski definition) is 0. The van der Waals surface area contributed by atoms with E-state index in [4.69, 9.17) is 9.47 Å². The number of piperidine rings is 1. The van der Waals surface area contributed by atoms with Crippen LogP contribution in [0.4, 0.5) is 0 Å². The van der Waals surface area contributed by atoms with Crippen LogP contribution in [0, 0.1) is 11.8 Å². The first-order valence-corrected chi connectivity index (χ1v) is 13.9. The molecule has 1 aromatic heterocycles. The second-order valence-corrected chi connectivity index (χ2v) is 12.1. The van der Waals surface area contributed by atoms with Crippen molar-refractivity contribution >= 4 is 49.2 Å². The molecule has 1 fully saturated rings. The molecule has 35 heavy (non-hydrogen) atoms. The predicted octanol–water partition coefficient (Wildman–Crippen LogP) is 1.48. The fraction of sp³-hybridized carbons (Fsp3) is 0.565. The van der Waals surface area contributed by atoms with Gasteiger partial charge in [-0.05, 0) is 36.5 Å². The number of aromatic nitrogens is 1. The van der Waals surface area contributed by atoms with E-state index in [1.54, 1.807) is 34.8 Å². The molecule has 0 spiro atoms. The first kappa shape index (κ1) is 27.0. The maximum Gasteiger partial charge on any atom is 0.337 e. The highest BCUT2D eigenvalue weighted by Gasteiger charge is 2.29. The third-order valence-corrected chi connectivity index (χ3v) is 8.17. The molecule has 12 heteroatoms. The van der Waals surface area contributed by atoms with Crippen molar-refractivity contribution in [3.05, 3.63) is 28.6 Å². The fourth-order valence-electron chi connectivity index (χ4n) is 4.33. The van der Waals surface area contributed by atoms with Crippen LogP contribution in [-0.4, -0.2) is 81.1 Å². The van der Waals surface area contributed by atoms with Crippen molar-refractivity contribution in [2.24, 2.45) is 16.8 Å². The summed E-state index contributed by atoms with van der Waals surface area (Å²) in [6, 6.07) is 4.95. The van der Waals surface area contributed by atoms with Crippen molar-refractivity contribution in [2.75, 3.05) is 45.4 Å².